The highest BCUT2D eigenvalue weighted by atomic mass is 16.5. The van der Waals surface area contributed by atoms with E-state index in [-0.39, 0.29) is 5.91 Å². The highest BCUT2D eigenvalue weighted by molar-refractivity contribution is 6.03. The quantitative estimate of drug-likeness (QED) is 0.797. The maximum Gasteiger partial charge on any atom is 0.256 e. The number of carbonyl (C=O) groups excluding carboxylic acids is 1. The number of pyridine rings is 1. The van der Waals surface area contributed by atoms with E-state index in [0.717, 1.165) is 16.9 Å². The van der Waals surface area contributed by atoms with Crippen molar-refractivity contribution in [1.29, 1.82) is 0 Å². The SMILES string of the molecule is COc1cc[c]c(-c2ccnc(NC(=O)c3ccccc3)c2)c1. The molecule has 3 rings (SSSR count). The first-order chi connectivity index (χ1) is 11.3. The topological polar surface area (TPSA) is 51.2 Å². The Morgan fingerprint density at radius 1 is 1.13 bits per heavy atom. The fourth-order valence-corrected chi connectivity index (χ4v) is 2.18. The van der Waals surface area contributed by atoms with Crippen LogP contribution in [0, 0.1) is 6.07 Å². The van der Waals surface area contributed by atoms with Gasteiger partial charge >= 0.3 is 0 Å². The lowest BCUT2D eigenvalue weighted by molar-refractivity contribution is 0.102. The summed E-state index contributed by atoms with van der Waals surface area (Å²) in [5, 5.41) is 2.80. The van der Waals surface area contributed by atoms with Crippen LogP contribution in [-0.4, -0.2) is 18.0 Å². The lowest BCUT2D eigenvalue weighted by Gasteiger charge is -2.08. The van der Waals surface area contributed by atoms with Crippen LogP contribution >= 0.6 is 0 Å². The number of ether oxygens (including phenoxy) is 1. The minimum absolute atomic E-state index is 0.190. The Hall–Kier alpha value is -3.14. The second-order valence-electron chi connectivity index (χ2n) is 4.89. The van der Waals surface area contributed by atoms with Gasteiger partial charge in [0.2, 0.25) is 0 Å². The summed E-state index contributed by atoms with van der Waals surface area (Å²) in [4.78, 5) is 16.4. The summed E-state index contributed by atoms with van der Waals surface area (Å²) in [6.45, 7) is 0. The van der Waals surface area contributed by atoms with E-state index in [1.54, 1.807) is 31.5 Å². The van der Waals surface area contributed by atoms with Gasteiger partial charge in [-0.25, -0.2) is 4.98 Å². The molecule has 0 bridgehead atoms. The lowest BCUT2D eigenvalue weighted by Crippen LogP contribution is -2.12. The van der Waals surface area contributed by atoms with E-state index >= 15 is 0 Å². The molecule has 4 heteroatoms. The van der Waals surface area contributed by atoms with Gasteiger partial charge in [0.1, 0.15) is 11.6 Å². The second kappa shape index (κ2) is 6.75. The molecule has 0 atom stereocenters. The fourth-order valence-electron chi connectivity index (χ4n) is 2.18. The fraction of sp³-hybridized carbons (Fsp3) is 0.0526. The summed E-state index contributed by atoms with van der Waals surface area (Å²) in [7, 11) is 1.62. The summed E-state index contributed by atoms with van der Waals surface area (Å²) < 4.78 is 5.22. The largest absolute Gasteiger partial charge is 0.497 e. The summed E-state index contributed by atoms with van der Waals surface area (Å²) in [6.07, 6.45) is 1.66. The first-order valence-electron chi connectivity index (χ1n) is 7.15. The second-order valence-corrected chi connectivity index (χ2v) is 4.89. The van der Waals surface area contributed by atoms with Crippen molar-refractivity contribution in [1.82, 2.24) is 4.98 Å². The third-order valence-corrected chi connectivity index (χ3v) is 3.36. The van der Waals surface area contributed by atoms with Crippen LogP contribution in [0.3, 0.4) is 0 Å². The van der Waals surface area contributed by atoms with Crippen molar-refractivity contribution < 1.29 is 9.53 Å². The number of benzene rings is 2. The van der Waals surface area contributed by atoms with E-state index in [1.807, 2.05) is 42.5 Å². The van der Waals surface area contributed by atoms with Crippen molar-refractivity contribution in [2.45, 2.75) is 0 Å². The third-order valence-electron chi connectivity index (χ3n) is 3.36. The number of hydrogen-bond donors (Lipinski definition) is 1. The number of aromatic nitrogens is 1. The van der Waals surface area contributed by atoms with E-state index in [2.05, 4.69) is 16.4 Å². The molecule has 1 aromatic heterocycles. The molecule has 4 nitrogen and oxygen atoms in total. The standard InChI is InChI=1S/C19H15N2O2/c1-23-17-9-5-8-15(12-17)16-10-11-20-18(13-16)21-19(22)14-6-3-2-4-7-14/h2-7,9-13H,1H3,(H,20,21,22). The van der Waals surface area contributed by atoms with E-state index in [4.69, 9.17) is 4.74 Å². The molecule has 2 aromatic carbocycles. The van der Waals surface area contributed by atoms with Gasteiger partial charge in [-0.1, -0.05) is 24.3 Å². The van der Waals surface area contributed by atoms with E-state index in [0.29, 0.717) is 11.4 Å². The molecule has 0 spiro atoms. The molecular weight excluding hydrogens is 288 g/mol. The Morgan fingerprint density at radius 2 is 1.96 bits per heavy atom. The van der Waals surface area contributed by atoms with Gasteiger partial charge in [-0.3, -0.25) is 4.79 Å². The Labute approximate surface area is 134 Å². The first kappa shape index (κ1) is 14.8. The Kier molecular flexibility index (Phi) is 4.34. The average molecular weight is 303 g/mol. The molecule has 1 amide bonds. The van der Waals surface area contributed by atoms with Crippen LogP contribution in [0.1, 0.15) is 10.4 Å². The normalized spacial score (nSPS) is 10.1. The average Bonchev–Trinajstić information content (AvgIpc) is 2.63. The summed E-state index contributed by atoms with van der Waals surface area (Å²) >= 11 is 0. The number of methoxy groups -OCH3 is 1. The number of nitrogens with zero attached hydrogens (tertiary/aromatic N) is 1. The predicted molar refractivity (Wildman–Crippen MR) is 89.5 cm³/mol. The minimum atomic E-state index is -0.190. The zero-order valence-electron chi connectivity index (χ0n) is 12.6. The molecule has 1 heterocycles. The third kappa shape index (κ3) is 3.55. The minimum Gasteiger partial charge on any atom is -0.497 e. The Bertz CT molecular complexity index is 816. The van der Waals surface area contributed by atoms with Crippen LogP contribution in [0.25, 0.3) is 11.1 Å². The zero-order chi connectivity index (χ0) is 16.1. The lowest BCUT2D eigenvalue weighted by atomic mass is 10.1. The first-order valence-corrected chi connectivity index (χ1v) is 7.15. The highest BCUT2D eigenvalue weighted by Gasteiger charge is 2.07. The van der Waals surface area contributed by atoms with Crippen LogP contribution in [0.5, 0.6) is 5.75 Å². The number of hydrogen-bond acceptors (Lipinski definition) is 3. The van der Waals surface area contributed by atoms with Gasteiger partial charge in [-0.05, 0) is 53.6 Å². The van der Waals surface area contributed by atoms with Gasteiger partial charge in [0.15, 0.2) is 0 Å². The molecular formula is C19H15N2O2. The van der Waals surface area contributed by atoms with Crippen LogP contribution < -0.4 is 10.1 Å². The molecule has 113 valence electrons. The monoisotopic (exact) mass is 303 g/mol. The van der Waals surface area contributed by atoms with Gasteiger partial charge < -0.3 is 10.1 Å². The molecule has 0 unspecified atom stereocenters. The van der Waals surface area contributed by atoms with Crippen LogP contribution in [0.2, 0.25) is 0 Å². The van der Waals surface area contributed by atoms with Gasteiger partial charge in [-0.15, -0.1) is 0 Å². The van der Waals surface area contributed by atoms with Crippen molar-refractivity contribution in [3.05, 3.63) is 78.5 Å². The number of nitrogens with one attached hydrogen (secondary N) is 1. The molecule has 0 aliphatic heterocycles. The van der Waals surface area contributed by atoms with Crippen molar-refractivity contribution >= 4 is 11.7 Å². The Balaban J connectivity index is 1.84. The molecule has 0 saturated carbocycles. The van der Waals surface area contributed by atoms with E-state index in [9.17, 15) is 4.79 Å². The van der Waals surface area contributed by atoms with E-state index < -0.39 is 0 Å². The number of carbonyl (C=O) groups is 1. The van der Waals surface area contributed by atoms with Gasteiger partial charge in [0.05, 0.1) is 7.11 Å². The van der Waals surface area contributed by atoms with Crippen molar-refractivity contribution in [2.24, 2.45) is 0 Å². The van der Waals surface area contributed by atoms with Crippen molar-refractivity contribution in [3.63, 3.8) is 0 Å². The number of rotatable bonds is 4. The highest BCUT2D eigenvalue weighted by Crippen LogP contribution is 2.24. The van der Waals surface area contributed by atoms with Crippen LogP contribution in [-0.2, 0) is 0 Å². The molecule has 1 radical (unpaired) electrons. The smallest absolute Gasteiger partial charge is 0.256 e. The summed E-state index contributed by atoms with van der Waals surface area (Å²) in [5.41, 5.74) is 2.37. The van der Waals surface area contributed by atoms with Gasteiger partial charge in [0, 0.05) is 11.8 Å². The van der Waals surface area contributed by atoms with E-state index in [1.165, 1.54) is 0 Å². The molecule has 23 heavy (non-hydrogen) atoms. The molecule has 0 aliphatic rings. The maximum absolute atomic E-state index is 12.2. The molecule has 3 aromatic rings. The molecule has 0 saturated heterocycles. The number of amides is 1. The maximum atomic E-state index is 12.2. The summed E-state index contributed by atoms with van der Waals surface area (Å²) in [5.74, 6) is 1.06. The predicted octanol–water partition coefficient (Wildman–Crippen LogP) is 3.81. The van der Waals surface area contributed by atoms with Crippen molar-refractivity contribution in [3.8, 4) is 16.9 Å². The van der Waals surface area contributed by atoms with Gasteiger partial charge in [0.25, 0.3) is 5.91 Å². The molecule has 0 aliphatic carbocycles. The van der Waals surface area contributed by atoms with Crippen LogP contribution in [0.15, 0.2) is 66.9 Å². The molecule has 0 fully saturated rings. The van der Waals surface area contributed by atoms with Crippen LogP contribution in [0.4, 0.5) is 5.82 Å². The zero-order valence-corrected chi connectivity index (χ0v) is 12.6. The molecule has 1 N–H and O–H groups in total. The van der Waals surface area contributed by atoms with Gasteiger partial charge in [-0.2, -0.15) is 0 Å². The summed E-state index contributed by atoms with van der Waals surface area (Å²) in [6, 6.07) is 21.4. The Morgan fingerprint density at radius 3 is 2.74 bits per heavy atom. The number of anilines is 1. The van der Waals surface area contributed by atoms with Crippen molar-refractivity contribution in [2.75, 3.05) is 12.4 Å².